The molecule has 0 aliphatic heterocycles. The number of carbonyl (C=O) groups excluding carboxylic acids is 1. The Kier molecular flexibility index (Phi) is 6.28. The Hall–Kier alpha value is -1.47. The van der Waals surface area contributed by atoms with E-state index in [9.17, 15) is 18.0 Å². The number of amides is 2. The van der Waals surface area contributed by atoms with Crippen LogP contribution < -0.4 is 16.4 Å². The first-order valence-corrected chi connectivity index (χ1v) is 4.72. The summed E-state index contributed by atoms with van der Waals surface area (Å²) in [5.74, 6) is 0.0570. The number of alkyl halides is 3. The van der Waals surface area contributed by atoms with Crippen LogP contribution in [-0.2, 0) is 0 Å². The second-order valence-corrected chi connectivity index (χ2v) is 3.21. The van der Waals surface area contributed by atoms with Gasteiger partial charge in [0, 0.05) is 13.0 Å². The van der Waals surface area contributed by atoms with Crippen molar-refractivity contribution in [3.63, 3.8) is 0 Å². The van der Waals surface area contributed by atoms with Crippen LogP contribution in [0.4, 0.5) is 18.0 Å². The summed E-state index contributed by atoms with van der Waals surface area (Å²) >= 11 is 0. The maximum absolute atomic E-state index is 11.7. The minimum absolute atomic E-state index is 0.0570. The molecule has 0 aliphatic carbocycles. The van der Waals surface area contributed by atoms with E-state index in [0.29, 0.717) is 19.3 Å². The highest BCUT2D eigenvalue weighted by atomic mass is 19.4. The van der Waals surface area contributed by atoms with Crippen molar-refractivity contribution in [2.24, 2.45) is 5.73 Å². The van der Waals surface area contributed by atoms with Crippen molar-refractivity contribution in [2.75, 3.05) is 13.1 Å². The zero-order chi connectivity index (χ0) is 12.6. The molecule has 8 heteroatoms. The Morgan fingerprint density at radius 2 is 1.88 bits per heavy atom. The van der Waals surface area contributed by atoms with Crippen molar-refractivity contribution in [1.29, 1.82) is 5.41 Å². The molecule has 0 aromatic heterocycles. The van der Waals surface area contributed by atoms with Gasteiger partial charge in [-0.25, -0.2) is 4.79 Å². The van der Waals surface area contributed by atoms with Crippen LogP contribution in [0.3, 0.4) is 0 Å². The van der Waals surface area contributed by atoms with Crippen molar-refractivity contribution < 1.29 is 18.0 Å². The molecular formula is C8H15F3N4O. The highest BCUT2D eigenvalue weighted by molar-refractivity contribution is 5.76. The zero-order valence-electron chi connectivity index (χ0n) is 8.66. The molecule has 2 amide bonds. The highest BCUT2D eigenvalue weighted by Crippen LogP contribution is 2.11. The van der Waals surface area contributed by atoms with Gasteiger partial charge in [0.2, 0.25) is 0 Å². The molecule has 0 aliphatic rings. The predicted octanol–water partition coefficient (Wildman–Crippen LogP) is 0.954. The van der Waals surface area contributed by atoms with Gasteiger partial charge in [-0.05, 0) is 12.8 Å². The van der Waals surface area contributed by atoms with E-state index in [0.717, 1.165) is 0 Å². The third-order valence-corrected chi connectivity index (χ3v) is 1.61. The van der Waals surface area contributed by atoms with Gasteiger partial charge in [0.1, 0.15) is 6.54 Å². The summed E-state index contributed by atoms with van der Waals surface area (Å²) in [6, 6.07) is -0.847. The van der Waals surface area contributed by atoms with Crippen molar-refractivity contribution >= 4 is 11.9 Å². The monoisotopic (exact) mass is 240 g/mol. The standard InChI is InChI=1S/C8H15F3N4O/c9-8(10,11)5-15-7(16)14-4-2-1-3-6(12)13/h1-5H2,(H3,12,13)(H2,14,15,16). The van der Waals surface area contributed by atoms with Gasteiger partial charge >= 0.3 is 12.2 Å². The van der Waals surface area contributed by atoms with E-state index < -0.39 is 18.8 Å². The molecule has 0 aromatic carbocycles. The molecule has 0 spiro atoms. The molecule has 0 unspecified atom stereocenters. The summed E-state index contributed by atoms with van der Waals surface area (Å²) in [7, 11) is 0. The number of halogens is 3. The summed E-state index contributed by atoms with van der Waals surface area (Å²) in [5.41, 5.74) is 5.09. The molecular weight excluding hydrogens is 225 g/mol. The summed E-state index contributed by atoms with van der Waals surface area (Å²) in [4.78, 5) is 10.8. The highest BCUT2D eigenvalue weighted by Gasteiger charge is 2.27. The summed E-state index contributed by atoms with van der Waals surface area (Å²) in [6.45, 7) is -1.08. The van der Waals surface area contributed by atoms with E-state index in [-0.39, 0.29) is 12.4 Å². The number of amidine groups is 1. The first-order valence-electron chi connectivity index (χ1n) is 4.72. The van der Waals surface area contributed by atoms with E-state index in [1.54, 1.807) is 5.32 Å². The Morgan fingerprint density at radius 1 is 1.25 bits per heavy atom. The molecule has 0 radical (unpaired) electrons. The van der Waals surface area contributed by atoms with Crippen LogP contribution >= 0.6 is 0 Å². The maximum atomic E-state index is 11.7. The number of nitrogens with two attached hydrogens (primary N) is 1. The van der Waals surface area contributed by atoms with Crippen LogP contribution in [0.2, 0.25) is 0 Å². The zero-order valence-corrected chi connectivity index (χ0v) is 8.66. The quantitative estimate of drug-likeness (QED) is 0.316. The molecule has 0 bridgehead atoms. The number of rotatable bonds is 6. The lowest BCUT2D eigenvalue weighted by atomic mass is 10.2. The van der Waals surface area contributed by atoms with Gasteiger partial charge in [-0.1, -0.05) is 0 Å². The summed E-state index contributed by atoms with van der Waals surface area (Å²) in [6.07, 6.45) is -2.79. The predicted molar refractivity (Wildman–Crippen MR) is 53.2 cm³/mol. The van der Waals surface area contributed by atoms with Crippen LogP contribution in [-0.4, -0.2) is 31.1 Å². The van der Waals surface area contributed by atoms with Gasteiger partial charge in [0.15, 0.2) is 0 Å². The van der Waals surface area contributed by atoms with Gasteiger partial charge in [0.25, 0.3) is 0 Å². The molecule has 94 valence electrons. The fourth-order valence-corrected chi connectivity index (χ4v) is 0.885. The van der Waals surface area contributed by atoms with E-state index in [2.05, 4.69) is 5.32 Å². The number of hydrogen-bond acceptors (Lipinski definition) is 2. The molecule has 0 rings (SSSR count). The second-order valence-electron chi connectivity index (χ2n) is 3.21. The van der Waals surface area contributed by atoms with E-state index in [1.807, 2.05) is 0 Å². The summed E-state index contributed by atoms with van der Waals surface area (Å²) in [5, 5.41) is 10.8. The average molecular weight is 240 g/mol. The van der Waals surface area contributed by atoms with Gasteiger partial charge < -0.3 is 16.4 Å². The van der Waals surface area contributed by atoms with Gasteiger partial charge in [0.05, 0.1) is 5.84 Å². The first-order chi connectivity index (χ1) is 7.31. The Labute approximate surface area is 91.1 Å². The first kappa shape index (κ1) is 14.5. The maximum Gasteiger partial charge on any atom is 0.405 e. The molecule has 0 fully saturated rings. The van der Waals surface area contributed by atoms with Crippen LogP contribution in [0.15, 0.2) is 0 Å². The Bertz CT molecular complexity index is 242. The molecule has 0 atom stereocenters. The number of nitrogens with one attached hydrogen (secondary N) is 3. The lowest BCUT2D eigenvalue weighted by Gasteiger charge is -2.09. The van der Waals surface area contributed by atoms with E-state index in [4.69, 9.17) is 11.1 Å². The molecule has 0 aromatic rings. The Balaban J connectivity index is 3.41. The average Bonchev–Trinajstić information content (AvgIpc) is 2.12. The number of hydrogen-bond donors (Lipinski definition) is 4. The van der Waals surface area contributed by atoms with Gasteiger partial charge in [-0.15, -0.1) is 0 Å². The fourth-order valence-electron chi connectivity index (χ4n) is 0.885. The van der Waals surface area contributed by atoms with Gasteiger partial charge in [-0.3, -0.25) is 5.41 Å². The third kappa shape index (κ3) is 10.6. The minimum atomic E-state index is -4.40. The smallest absolute Gasteiger partial charge is 0.388 e. The molecule has 0 saturated carbocycles. The van der Waals surface area contributed by atoms with Crippen LogP contribution in [0.25, 0.3) is 0 Å². The largest absolute Gasteiger partial charge is 0.405 e. The van der Waals surface area contributed by atoms with E-state index >= 15 is 0 Å². The molecule has 0 saturated heterocycles. The normalized spacial score (nSPS) is 10.9. The van der Waals surface area contributed by atoms with Crippen LogP contribution in [0.1, 0.15) is 19.3 Å². The molecule has 5 nitrogen and oxygen atoms in total. The van der Waals surface area contributed by atoms with Crippen molar-refractivity contribution in [1.82, 2.24) is 10.6 Å². The SMILES string of the molecule is N=C(N)CCCCNC(=O)NCC(F)(F)F. The number of urea groups is 1. The van der Waals surface area contributed by atoms with Crippen LogP contribution in [0, 0.1) is 5.41 Å². The lowest BCUT2D eigenvalue weighted by molar-refractivity contribution is -0.122. The molecule has 5 N–H and O–H groups in total. The molecule has 16 heavy (non-hydrogen) atoms. The lowest BCUT2D eigenvalue weighted by Crippen LogP contribution is -2.41. The topological polar surface area (TPSA) is 91.0 Å². The molecule has 0 heterocycles. The third-order valence-electron chi connectivity index (χ3n) is 1.61. The second kappa shape index (κ2) is 6.91. The summed E-state index contributed by atoms with van der Waals surface area (Å²) < 4.78 is 35.0. The fraction of sp³-hybridized carbons (Fsp3) is 0.750. The van der Waals surface area contributed by atoms with Crippen LogP contribution in [0.5, 0.6) is 0 Å². The van der Waals surface area contributed by atoms with Crippen molar-refractivity contribution in [2.45, 2.75) is 25.4 Å². The van der Waals surface area contributed by atoms with Crippen molar-refractivity contribution in [3.8, 4) is 0 Å². The van der Waals surface area contributed by atoms with Gasteiger partial charge in [-0.2, -0.15) is 13.2 Å². The Morgan fingerprint density at radius 3 is 2.38 bits per heavy atom. The number of unbranched alkanes of at least 4 members (excludes halogenated alkanes) is 1. The van der Waals surface area contributed by atoms with Crippen molar-refractivity contribution in [3.05, 3.63) is 0 Å². The number of carbonyl (C=O) groups is 1. The van der Waals surface area contributed by atoms with E-state index in [1.165, 1.54) is 0 Å². The minimum Gasteiger partial charge on any atom is -0.388 e.